The Balaban J connectivity index is 0.00000320. The number of rotatable bonds is 10. The summed E-state index contributed by atoms with van der Waals surface area (Å²) in [5.74, 6) is 2.75. The molecule has 1 fully saturated rings. The Morgan fingerprint density at radius 1 is 0.973 bits per heavy atom. The molecule has 1 atom stereocenters. The van der Waals surface area contributed by atoms with Crippen LogP contribution < -0.4 is 14.4 Å². The summed E-state index contributed by atoms with van der Waals surface area (Å²) in [6.45, 7) is 4.00. The van der Waals surface area contributed by atoms with Crippen molar-refractivity contribution in [1.82, 2.24) is 9.55 Å². The molecule has 0 N–H and O–H groups in total. The largest absolute Gasteiger partial charge is 0.497 e. The van der Waals surface area contributed by atoms with Crippen LogP contribution >= 0.6 is 12.4 Å². The monoisotopic (exact) mass is 519 g/mol. The first-order chi connectivity index (χ1) is 17.7. The maximum atomic E-state index is 13.2. The van der Waals surface area contributed by atoms with Gasteiger partial charge in [0.15, 0.2) is 0 Å². The number of hydrogen-bond acceptors (Lipinski definition) is 4. The van der Waals surface area contributed by atoms with Crippen molar-refractivity contribution < 1.29 is 14.3 Å². The van der Waals surface area contributed by atoms with E-state index in [2.05, 4.69) is 35.8 Å². The predicted molar refractivity (Wildman–Crippen MR) is 150 cm³/mol. The minimum Gasteiger partial charge on any atom is -0.497 e. The first-order valence-electron chi connectivity index (χ1n) is 12.8. The van der Waals surface area contributed by atoms with Crippen LogP contribution in [0.4, 0.5) is 5.69 Å². The van der Waals surface area contributed by atoms with Gasteiger partial charge in [0.1, 0.15) is 23.9 Å². The van der Waals surface area contributed by atoms with E-state index in [0.29, 0.717) is 26.1 Å². The number of ether oxygens (including phenoxy) is 2. The number of benzene rings is 3. The summed E-state index contributed by atoms with van der Waals surface area (Å²) >= 11 is 0. The molecule has 0 saturated carbocycles. The van der Waals surface area contributed by atoms with Crippen LogP contribution in [0.1, 0.15) is 43.5 Å². The van der Waals surface area contributed by atoms with Gasteiger partial charge < -0.3 is 18.9 Å². The van der Waals surface area contributed by atoms with E-state index in [-0.39, 0.29) is 24.2 Å². The van der Waals surface area contributed by atoms with Crippen molar-refractivity contribution in [2.75, 3.05) is 25.2 Å². The fraction of sp³-hybridized carbons (Fsp3) is 0.333. The van der Waals surface area contributed by atoms with E-state index >= 15 is 0 Å². The van der Waals surface area contributed by atoms with E-state index < -0.39 is 0 Å². The number of imidazole rings is 1. The summed E-state index contributed by atoms with van der Waals surface area (Å²) in [7, 11) is 1.65. The highest BCUT2D eigenvalue weighted by atomic mass is 35.5. The Hall–Kier alpha value is -3.51. The van der Waals surface area contributed by atoms with E-state index in [0.717, 1.165) is 53.3 Å². The number of carbonyl (C=O) groups is 1. The molecular formula is C30H34ClN3O3. The highest BCUT2D eigenvalue weighted by Crippen LogP contribution is 2.35. The number of nitrogens with zero attached hydrogens (tertiary/aromatic N) is 3. The number of halogens is 1. The van der Waals surface area contributed by atoms with Gasteiger partial charge >= 0.3 is 0 Å². The van der Waals surface area contributed by atoms with Crippen LogP contribution in [0.2, 0.25) is 0 Å². The number of amides is 1. The van der Waals surface area contributed by atoms with Gasteiger partial charge in [-0.3, -0.25) is 4.79 Å². The SMILES string of the molecule is CCCCc1ccccc1N1CC(c2nc3ccccc3n2CCOc2ccc(OC)cc2)CC1=O.Cl. The van der Waals surface area contributed by atoms with Crippen LogP contribution in [0, 0.1) is 0 Å². The summed E-state index contributed by atoms with van der Waals surface area (Å²) in [6.07, 6.45) is 3.70. The molecular weight excluding hydrogens is 486 g/mol. The molecule has 0 bridgehead atoms. The number of anilines is 1. The second kappa shape index (κ2) is 12.2. The number of methoxy groups -OCH3 is 1. The first kappa shape index (κ1) is 26.6. The summed E-state index contributed by atoms with van der Waals surface area (Å²) in [5.41, 5.74) is 4.31. The molecule has 0 aliphatic carbocycles. The van der Waals surface area contributed by atoms with E-state index in [4.69, 9.17) is 14.5 Å². The van der Waals surface area contributed by atoms with Crippen LogP contribution in [-0.2, 0) is 17.8 Å². The number of unbranched alkanes of at least 4 members (excludes halogenated alkanes) is 1. The summed E-state index contributed by atoms with van der Waals surface area (Å²) in [4.78, 5) is 20.2. The summed E-state index contributed by atoms with van der Waals surface area (Å²) in [5, 5.41) is 0. The Kier molecular flexibility index (Phi) is 8.72. The zero-order chi connectivity index (χ0) is 24.9. The van der Waals surface area contributed by atoms with Crippen LogP contribution in [0.5, 0.6) is 11.5 Å². The average Bonchev–Trinajstić information content (AvgIpc) is 3.48. The number of carbonyl (C=O) groups excluding carboxylic acids is 1. The molecule has 37 heavy (non-hydrogen) atoms. The number of aromatic nitrogens is 2. The zero-order valence-corrected chi connectivity index (χ0v) is 22.2. The molecule has 0 radical (unpaired) electrons. The average molecular weight is 520 g/mol. The highest BCUT2D eigenvalue weighted by Gasteiger charge is 2.35. The standard InChI is InChI=1S/C30H33N3O3.ClH/c1-3-4-9-22-10-5-7-12-27(22)33-21-23(20-29(33)34)30-31-26-11-6-8-13-28(26)32(30)18-19-36-25-16-14-24(35-2)15-17-25;/h5-8,10-17,23H,3-4,9,18-21H2,1-2H3;1H. The third-order valence-electron chi connectivity index (χ3n) is 6.90. The molecule has 7 heteroatoms. The Morgan fingerprint density at radius 2 is 1.70 bits per heavy atom. The topological polar surface area (TPSA) is 56.6 Å². The van der Waals surface area contributed by atoms with Gasteiger partial charge in [-0.1, -0.05) is 43.7 Å². The van der Waals surface area contributed by atoms with Crippen molar-refractivity contribution in [2.24, 2.45) is 0 Å². The molecule has 1 aromatic heterocycles. The van der Waals surface area contributed by atoms with E-state index in [1.54, 1.807) is 7.11 Å². The lowest BCUT2D eigenvalue weighted by atomic mass is 10.1. The van der Waals surface area contributed by atoms with Crippen molar-refractivity contribution in [3.05, 3.63) is 84.2 Å². The van der Waals surface area contributed by atoms with Crippen molar-refractivity contribution in [1.29, 1.82) is 0 Å². The Morgan fingerprint density at radius 3 is 2.49 bits per heavy atom. The molecule has 1 aliphatic heterocycles. The van der Waals surface area contributed by atoms with Crippen LogP contribution in [0.15, 0.2) is 72.8 Å². The molecule has 1 saturated heterocycles. The fourth-order valence-electron chi connectivity index (χ4n) is 5.03. The molecule has 3 aromatic carbocycles. The zero-order valence-electron chi connectivity index (χ0n) is 21.4. The molecule has 0 spiro atoms. The lowest BCUT2D eigenvalue weighted by Crippen LogP contribution is -2.26. The van der Waals surface area contributed by atoms with Crippen LogP contribution in [0.3, 0.4) is 0 Å². The predicted octanol–water partition coefficient (Wildman–Crippen LogP) is 6.41. The smallest absolute Gasteiger partial charge is 0.227 e. The van der Waals surface area contributed by atoms with E-state index in [9.17, 15) is 4.79 Å². The molecule has 5 rings (SSSR count). The van der Waals surface area contributed by atoms with Gasteiger partial charge in [0.05, 0.1) is 24.7 Å². The maximum absolute atomic E-state index is 13.2. The maximum Gasteiger partial charge on any atom is 0.227 e. The van der Waals surface area contributed by atoms with Gasteiger partial charge in [0.2, 0.25) is 5.91 Å². The third-order valence-corrected chi connectivity index (χ3v) is 6.90. The van der Waals surface area contributed by atoms with Gasteiger partial charge in [0.25, 0.3) is 0 Å². The van der Waals surface area contributed by atoms with Gasteiger partial charge in [-0.15, -0.1) is 12.4 Å². The molecule has 1 unspecified atom stereocenters. The molecule has 194 valence electrons. The molecule has 1 aliphatic rings. The second-order valence-electron chi connectivity index (χ2n) is 9.27. The second-order valence-corrected chi connectivity index (χ2v) is 9.27. The lowest BCUT2D eigenvalue weighted by molar-refractivity contribution is -0.117. The third kappa shape index (κ3) is 5.75. The fourth-order valence-corrected chi connectivity index (χ4v) is 5.03. The molecule has 2 heterocycles. The number of aryl methyl sites for hydroxylation is 1. The van der Waals surface area contributed by atoms with E-state index in [1.165, 1.54) is 5.56 Å². The summed E-state index contributed by atoms with van der Waals surface area (Å²) < 4.78 is 13.5. The number of para-hydroxylation sites is 3. The van der Waals surface area contributed by atoms with Crippen molar-refractivity contribution in [2.45, 2.75) is 45.1 Å². The van der Waals surface area contributed by atoms with Crippen molar-refractivity contribution in [3.63, 3.8) is 0 Å². The normalized spacial score (nSPS) is 15.1. The van der Waals surface area contributed by atoms with Crippen LogP contribution in [-0.4, -0.2) is 35.7 Å². The van der Waals surface area contributed by atoms with Gasteiger partial charge in [0, 0.05) is 24.6 Å². The van der Waals surface area contributed by atoms with Crippen molar-refractivity contribution >= 4 is 35.0 Å². The number of hydrogen-bond donors (Lipinski definition) is 0. The highest BCUT2D eigenvalue weighted by molar-refractivity contribution is 5.97. The molecule has 6 nitrogen and oxygen atoms in total. The number of fused-ring (bicyclic) bond motifs is 1. The van der Waals surface area contributed by atoms with Crippen molar-refractivity contribution in [3.8, 4) is 11.5 Å². The van der Waals surface area contributed by atoms with Gasteiger partial charge in [-0.25, -0.2) is 4.98 Å². The minimum atomic E-state index is 0. The first-order valence-corrected chi connectivity index (χ1v) is 12.8. The molecule has 4 aromatic rings. The van der Waals surface area contributed by atoms with E-state index in [1.807, 2.05) is 53.4 Å². The van der Waals surface area contributed by atoms with Gasteiger partial charge in [-0.2, -0.15) is 0 Å². The lowest BCUT2D eigenvalue weighted by Gasteiger charge is -2.21. The Bertz CT molecular complexity index is 1340. The summed E-state index contributed by atoms with van der Waals surface area (Å²) in [6, 6.07) is 24.1. The Labute approximate surface area is 224 Å². The van der Waals surface area contributed by atoms with Crippen LogP contribution in [0.25, 0.3) is 11.0 Å². The van der Waals surface area contributed by atoms with Gasteiger partial charge in [-0.05, 0) is 60.9 Å². The minimum absolute atomic E-state index is 0. The molecule has 1 amide bonds. The quantitative estimate of drug-likeness (QED) is 0.243.